The maximum Gasteiger partial charge on any atom is 0.239 e. The standard InChI is InChI=1S/C19H21N3O2.ClH/c20-11-5-6-12-21-18(23)13-22-16-9-3-1-7-14(16)19(24)15-8-2-4-10-17(15)22;/h1-4,7-10H,5-6,11-13,20H2,(H,21,23);1H. The number of nitrogens with one attached hydrogen (secondary N) is 1. The van der Waals surface area contributed by atoms with E-state index in [1.165, 1.54) is 0 Å². The van der Waals surface area contributed by atoms with E-state index < -0.39 is 0 Å². The molecule has 3 N–H and O–H groups in total. The number of pyridine rings is 1. The van der Waals surface area contributed by atoms with E-state index in [1.807, 2.05) is 41.0 Å². The smallest absolute Gasteiger partial charge is 0.239 e. The van der Waals surface area contributed by atoms with Crippen molar-refractivity contribution < 1.29 is 4.79 Å². The Bertz CT molecular complexity index is 877. The van der Waals surface area contributed by atoms with Crippen molar-refractivity contribution in [2.45, 2.75) is 19.4 Å². The van der Waals surface area contributed by atoms with E-state index in [9.17, 15) is 9.59 Å². The lowest BCUT2D eigenvalue weighted by Crippen LogP contribution is -2.29. The number of benzene rings is 2. The third-order valence-electron chi connectivity index (χ3n) is 4.13. The quantitative estimate of drug-likeness (QED) is 0.524. The van der Waals surface area contributed by atoms with E-state index in [2.05, 4.69) is 5.32 Å². The summed E-state index contributed by atoms with van der Waals surface area (Å²) in [5.74, 6) is -0.0639. The Hall–Kier alpha value is -2.37. The molecule has 25 heavy (non-hydrogen) atoms. The molecule has 0 aliphatic carbocycles. The van der Waals surface area contributed by atoms with Crippen LogP contribution >= 0.6 is 12.4 Å². The normalized spacial score (nSPS) is 10.6. The van der Waals surface area contributed by atoms with Crippen molar-refractivity contribution in [2.24, 2.45) is 5.73 Å². The fraction of sp³-hybridized carbons (Fsp3) is 0.263. The van der Waals surface area contributed by atoms with Crippen LogP contribution in [-0.4, -0.2) is 23.6 Å². The van der Waals surface area contributed by atoms with Crippen LogP contribution in [0.4, 0.5) is 0 Å². The fourth-order valence-electron chi connectivity index (χ4n) is 2.94. The molecule has 0 saturated carbocycles. The molecule has 2 aromatic carbocycles. The predicted octanol–water partition coefficient (Wildman–Crippen LogP) is 2.43. The number of para-hydroxylation sites is 2. The van der Waals surface area contributed by atoms with E-state index in [-0.39, 0.29) is 30.3 Å². The summed E-state index contributed by atoms with van der Waals surface area (Å²) in [6.45, 7) is 1.43. The first-order chi connectivity index (χ1) is 11.7. The zero-order valence-electron chi connectivity index (χ0n) is 13.9. The second kappa shape index (κ2) is 8.65. The van der Waals surface area contributed by atoms with Gasteiger partial charge in [-0.2, -0.15) is 0 Å². The average molecular weight is 360 g/mol. The summed E-state index contributed by atoms with van der Waals surface area (Å²) in [5.41, 5.74) is 7.01. The number of rotatable bonds is 6. The molecule has 0 saturated heterocycles. The minimum Gasteiger partial charge on any atom is -0.355 e. The number of amides is 1. The van der Waals surface area contributed by atoms with Crippen molar-refractivity contribution >= 4 is 40.1 Å². The van der Waals surface area contributed by atoms with E-state index >= 15 is 0 Å². The van der Waals surface area contributed by atoms with Crippen molar-refractivity contribution in [1.29, 1.82) is 0 Å². The number of hydrogen-bond acceptors (Lipinski definition) is 3. The van der Waals surface area contributed by atoms with Gasteiger partial charge in [0.25, 0.3) is 0 Å². The highest BCUT2D eigenvalue weighted by Gasteiger charge is 2.12. The Kier molecular flexibility index (Phi) is 6.56. The van der Waals surface area contributed by atoms with Gasteiger partial charge in [0.05, 0.1) is 11.0 Å². The van der Waals surface area contributed by atoms with Crippen LogP contribution in [-0.2, 0) is 11.3 Å². The van der Waals surface area contributed by atoms with E-state index in [0.717, 1.165) is 23.9 Å². The van der Waals surface area contributed by atoms with Gasteiger partial charge in [0, 0.05) is 17.3 Å². The summed E-state index contributed by atoms with van der Waals surface area (Å²) in [6.07, 6.45) is 1.76. The lowest BCUT2D eigenvalue weighted by molar-refractivity contribution is -0.121. The minimum atomic E-state index is -0.0639. The number of nitrogens with zero attached hydrogens (tertiary/aromatic N) is 1. The molecule has 0 aliphatic rings. The van der Waals surface area contributed by atoms with Gasteiger partial charge in [-0.25, -0.2) is 0 Å². The Balaban J connectivity index is 0.00000225. The zero-order chi connectivity index (χ0) is 16.9. The van der Waals surface area contributed by atoms with Crippen LogP contribution in [0, 0.1) is 0 Å². The zero-order valence-corrected chi connectivity index (χ0v) is 14.7. The summed E-state index contributed by atoms with van der Waals surface area (Å²) in [6, 6.07) is 14.8. The number of hydrogen-bond donors (Lipinski definition) is 2. The van der Waals surface area contributed by atoms with Crippen LogP contribution in [0.5, 0.6) is 0 Å². The SMILES string of the molecule is Cl.NCCCCNC(=O)Cn1c2ccccc2c(=O)c2ccccc21. The molecule has 0 unspecified atom stereocenters. The van der Waals surface area contributed by atoms with E-state index in [0.29, 0.717) is 23.9 Å². The van der Waals surface area contributed by atoms with Gasteiger partial charge >= 0.3 is 0 Å². The largest absolute Gasteiger partial charge is 0.355 e. The van der Waals surface area contributed by atoms with Crippen molar-refractivity contribution in [2.75, 3.05) is 13.1 Å². The van der Waals surface area contributed by atoms with Gasteiger partial charge < -0.3 is 15.6 Å². The van der Waals surface area contributed by atoms with Crippen molar-refractivity contribution in [3.05, 3.63) is 58.8 Å². The maximum atomic E-state index is 12.6. The number of aromatic nitrogens is 1. The molecule has 1 amide bonds. The minimum absolute atomic E-state index is 0. The third kappa shape index (κ3) is 4.00. The summed E-state index contributed by atoms with van der Waals surface area (Å²) < 4.78 is 1.91. The van der Waals surface area contributed by atoms with Crippen LogP contribution < -0.4 is 16.5 Å². The first-order valence-electron chi connectivity index (χ1n) is 8.19. The Morgan fingerprint density at radius 2 is 1.52 bits per heavy atom. The second-order valence-electron chi connectivity index (χ2n) is 5.80. The second-order valence-corrected chi connectivity index (χ2v) is 5.80. The van der Waals surface area contributed by atoms with Crippen molar-refractivity contribution in [1.82, 2.24) is 9.88 Å². The van der Waals surface area contributed by atoms with Crippen LogP contribution in [0.15, 0.2) is 53.3 Å². The third-order valence-corrected chi connectivity index (χ3v) is 4.13. The van der Waals surface area contributed by atoms with Crippen LogP contribution in [0.25, 0.3) is 21.8 Å². The van der Waals surface area contributed by atoms with Crippen LogP contribution in [0.2, 0.25) is 0 Å². The molecule has 1 aromatic heterocycles. The number of carbonyl (C=O) groups excluding carboxylic acids is 1. The highest BCUT2D eigenvalue weighted by Crippen LogP contribution is 2.18. The van der Waals surface area contributed by atoms with Crippen molar-refractivity contribution in [3.63, 3.8) is 0 Å². The molecule has 6 heteroatoms. The predicted molar refractivity (Wildman–Crippen MR) is 104 cm³/mol. The van der Waals surface area contributed by atoms with Gasteiger partial charge in [-0.3, -0.25) is 9.59 Å². The number of halogens is 1. The lowest BCUT2D eigenvalue weighted by Gasteiger charge is -2.15. The Labute approximate surface area is 152 Å². The van der Waals surface area contributed by atoms with Gasteiger partial charge in [0.1, 0.15) is 6.54 Å². The Morgan fingerprint density at radius 3 is 2.08 bits per heavy atom. The van der Waals surface area contributed by atoms with Gasteiger partial charge in [0.15, 0.2) is 5.43 Å². The van der Waals surface area contributed by atoms with Gasteiger partial charge in [0.2, 0.25) is 5.91 Å². The molecule has 0 aliphatic heterocycles. The summed E-state index contributed by atoms with van der Waals surface area (Å²) >= 11 is 0. The van der Waals surface area contributed by atoms with Crippen molar-refractivity contribution in [3.8, 4) is 0 Å². The number of nitrogens with two attached hydrogens (primary N) is 1. The summed E-state index contributed by atoms with van der Waals surface area (Å²) in [5, 5.41) is 4.18. The highest BCUT2D eigenvalue weighted by atomic mass is 35.5. The molecule has 3 aromatic rings. The molecule has 0 spiro atoms. The molecule has 5 nitrogen and oxygen atoms in total. The molecule has 0 atom stereocenters. The topological polar surface area (TPSA) is 77.1 Å². The molecular formula is C19H22ClN3O2. The summed E-state index contributed by atoms with van der Waals surface area (Å²) in [7, 11) is 0. The first-order valence-corrected chi connectivity index (χ1v) is 8.19. The van der Waals surface area contributed by atoms with Crippen LogP contribution in [0.3, 0.4) is 0 Å². The number of carbonyl (C=O) groups is 1. The molecule has 1 heterocycles. The molecule has 0 bridgehead atoms. The Morgan fingerprint density at radius 1 is 0.960 bits per heavy atom. The molecule has 0 radical (unpaired) electrons. The van der Waals surface area contributed by atoms with E-state index in [1.54, 1.807) is 12.1 Å². The fourth-order valence-corrected chi connectivity index (χ4v) is 2.94. The number of unbranched alkanes of at least 4 members (excludes halogenated alkanes) is 1. The molecule has 3 rings (SSSR count). The monoisotopic (exact) mass is 359 g/mol. The average Bonchev–Trinajstić information content (AvgIpc) is 2.62. The van der Waals surface area contributed by atoms with Gasteiger partial charge in [-0.15, -0.1) is 12.4 Å². The highest BCUT2D eigenvalue weighted by molar-refractivity contribution is 5.94. The van der Waals surface area contributed by atoms with E-state index in [4.69, 9.17) is 5.73 Å². The molecule has 132 valence electrons. The molecular weight excluding hydrogens is 338 g/mol. The van der Waals surface area contributed by atoms with Crippen LogP contribution in [0.1, 0.15) is 12.8 Å². The number of fused-ring (bicyclic) bond motifs is 2. The molecule has 0 fully saturated rings. The summed E-state index contributed by atoms with van der Waals surface area (Å²) in [4.78, 5) is 25.0. The van der Waals surface area contributed by atoms with Gasteiger partial charge in [-0.1, -0.05) is 24.3 Å². The lowest BCUT2D eigenvalue weighted by atomic mass is 10.1. The maximum absolute atomic E-state index is 12.6. The first kappa shape index (κ1) is 19.0. The van der Waals surface area contributed by atoms with Gasteiger partial charge in [-0.05, 0) is 43.7 Å².